The van der Waals surface area contributed by atoms with E-state index in [4.69, 9.17) is 4.74 Å². The van der Waals surface area contributed by atoms with Crippen LogP contribution in [0, 0.1) is 5.82 Å². The number of carbonyl (C=O) groups excluding carboxylic acids is 1. The summed E-state index contributed by atoms with van der Waals surface area (Å²) in [6.07, 6.45) is 5.75. The van der Waals surface area contributed by atoms with Gasteiger partial charge in [0, 0.05) is 17.2 Å². The number of anilines is 1. The summed E-state index contributed by atoms with van der Waals surface area (Å²) in [4.78, 5) is 11.0. The molecule has 0 fully saturated rings. The van der Waals surface area contributed by atoms with Crippen molar-refractivity contribution in [3.63, 3.8) is 0 Å². The molecular formula is C37H30FNO3S. The third-order valence-electron chi connectivity index (χ3n) is 8.45. The Bertz CT molecular complexity index is 1920. The highest BCUT2D eigenvalue weighted by molar-refractivity contribution is 8.03. The lowest BCUT2D eigenvalue weighted by Crippen LogP contribution is -2.34. The number of halogens is 1. The van der Waals surface area contributed by atoms with Crippen molar-refractivity contribution in [1.82, 2.24) is 0 Å². The van der Waals surface area contributed by atoms with E-state index in [1.54, 1.807) is 18.2 Å². The number of fused-ring (bicyclic) bond motifs is 5. The molecule has 0 bridgehead atoms. The molecule has 0 saturated carbocycles. The van der Waals surface area contributed by atoms with Gasteiger partial charge in [0.05, 0.1) is 0 Å². The fraction of sp³-hybridized carbons (Fsp3) is 0.162. The molecule has 0 spiro atoms. The molecule has 6 heteroatoms. The normalized spacial score (nSPS) is 19.6. The van der Waals surface area contributed by atoms with Gasteiger partial charge in [-0.15, -0.1) is 0 Å². The van der Waals surface area contributed by atoms with E-state index >= 15 is 4.39 Å². The number of allylic oxidation sites excluding steroid dienone is 2. The minimum absolute atomic E-state index is 0.122. The molecule has 1 aliphatic carbocycles. The average Bonchev–Trinajstić information content (AvgIpc) is 3.03. The number of carbonyl (C=O) groups is 1. The lowest BCUT2D eigenvalue weighted by Gasteiger charge is -2.39. The van der Waals surface area contributed by atoms with Gasteiger partial charge in [-0.2, -0.15) is 0 Å². The van der Waals surface area contributed by atoms with E-state index in [-0.39, 0.29) is 12.5 Å². The predicted molar refractivity (Wildman–Crippen MR) is 173 cm³/mol. The number of aliphatic hydroxyl groups is 1. The molecule has 0 aromatic heterocycles. The highest BCUT2D eigenvalue weighted by Gasteiger charge is 2.41. The van der Waals surface area contributed by atoms with Gasteiger partial charge in [-0.05, 0) is 98.8 Å². The third-order valence-corrected chi connectivity index (χ3v) is 9.50. The summed E-state index contributed by atoms with van der Waals surface area (Å²) in [5, 5.41) is 21.4. The van der Waals surface area contributed by atoms with Crippen LogP contribution in [-0.2, 0) is 17.8 Å². The van der Waals surface area contributed by atoms with E-state index in [2.05, 4.69) is 53.8 Å². The van der Waals surface area contributed by atoms with Crippen molar-refractivity contribution in [2.75, 3.05) is 5.32 Å². The molecule has 214 valence electrons. The van der Waals surface area contributed by atoms with Crippen LogP contribution in [0.3, 0.4) is 0 Å². The van der Waals surface area contributed by atoms with Gasteiger partial charge in [0.25, 0.3) is 0 Å². The molecule has 5 aromatic rings. The second-order valence-corrected chi connectivity index (χ2v) is 12.3. The monoisotopic (exact) mass is 587 g/mol. The number of nitrogens with one attached hydrogen (secondary N) is 1. The van der Waals surface area contributed by atoms with Crippen LogP contribution in [-0.4, -0.2) is 16.1 Å². The fourth-order valence-electron chi connectivity index (χ4n) is 6.42. The summed E-state index contributed by atoms with van der Waals surface area (Å²) in [6, 6.07) is 31.1. The van der Waals surface area contributed by atoms with Gasteiger partial charge in [0.15, 0.2) is 0 Å². The van der Waals surface area contributed by atoms with E-state index in [0.717, 1.165) is 24.8 Å². The van der Waals surface area contributed by atoms with E-state index in [0.29, 0.717) is 16.8 Å². The van der Waals surface area contributed by atoms with Crippen LogP contribution in [0.2, 0.25) is 0 Å². The summed E-state index contributed by atoms with van der Waals surface area (Å²) in [5.74, 6) is -0.651. The van der Waals surface area contributed by atoms with Crippen molar-refractivity contribution in [1.29, 1.82) is 0 Å². The SMILES string of the molecule is O=C(Nc1ccc(C2=CC(O)(C3CCCc4ccc5c(ccc6ccccc65)c43)SC=C2)c(F)c1)OCc1ccccc1. The zero-order valence-corrected chi connectivity index (χ0v) is 24.2. The van der Waals surface area contributed by atoms with Crippen LogP contribution in [0.15, 0.2) is 115 Å². The van der Waals surface area contributed by atoms with E-state index in [1.165, 1.54) is 50.5 Å². The standard InChI is InChI=1S/C37H30FNO3S/c38-34-21-28(39-36(40)42-23-24-7-2-1-3-8-24)15-18-30(34)27-19-20-43-37(41,22-27)33-12-6-10-26-14-16-31-29-11-5-4-9-25(29)13-17-32(31)35(26)33/h1-5,7-9,11,13-22,33,41H,6,10,12,23H2,(H,39,40). The zero-order valence-electron chi connectivity index (χ0n) is 23.4. The van der Waals surface area contributed by atoms with Crippen molar-refractivity contribution in [2.24, 2.45) is 0 Å². The van der Waals surface area contributed by atoms with Crippen molar-refractivity contribution < 1.29 is 19.0 Å². The first-order valence-electron chi connectivity index (χ1n) is 14.5. The van der Waals surface area contributed by atoms with Crippen LogP contribution < -0.4 is 5.32 Å². The van der Waals surface area contributed by atoms with Gasteiger partial charge in [-0.1, -0.05) is 90.6 Å². The van der Waals surface area contributed by atoms with Crippen LogP contribution in [0.5, 0.6) is 0 Å². The minimum atomic E-state index is -1.25. The second kappa shape index (κ2) is 11.4. The molecule has 1 aliphatic heterocycles. The van der Waals surface area contributed by atoms with E-state index in [9.17, 15) is 9.90 Å². The Kier molecular flexibility index (Phi) is 7.25. The lowest BCUT2D eigenvalue weighted by atomic mass is 9.76. The zero-order chi connectivity index (χ0) is 29.4. The first kappa shape index (κ1) is 27.4. The van der Waals surface area contributed by atoms with Gasteiger partial charge in [-0.3, -0.25) is 5.32 Å². The van der Waals surface area contributed by atoms with Crippen LogP contribution in [0.4, 0.5) is 14.9 Å². The molecule has 2 atom stereocenters. The Morgan fingerprint density at radius 2 is 1.77 bits per heavy atom. The highest BCUT2D eigenvalue weighted by atomic mass is 32.2. The van der Waals surface area contributed by atoms with Gasteiger partial charge >= 0.3 is 6.09 Å². The third kappa shape index (κ3) is 5.33. The van der Waals surface area contributed by atoms with Gasteiger partial charge in [-0.25, -0.2) is 9.18 Å². The van der Waals surface area contributed by atoms with Gasteiger partial charge < -0.3 is 9.84 Å². The number of amides is 1. The fourth-order valence-corrected chi connectivity index (χ4v) is 7.44. The Hall–Kier alpha value is -4.39. The Balaban J connectivity index is 1.17. The van der Waals surface area contributed by atoms with Crippen molar-refractivity contribution in [2.45, 2.75) is 36.7 Å². The maximum atomic E-state index is 15.5. The van der Waals surface area contributed by atoms with E-state index in [1.807, 2.05) is 41.8 Å². The highest BCUT2D eigenvalue weighted by Crippen LogP contribution is 2.51. The molecular weight excluding hydrogens is 557 g/mol. The molecule has 5 aromatic carbocycles. The summed E-state index contributed by atoms with van der Waals surface area (Å²) < 4.78 is 20.7. The number of aryl methyl sites for hydroxylation is 1. The first-order valence-corrected chi connectivity index (χ1v) is 15.4. The first-order chi connectivity index (χ1) is 21.0. The van der Waals surface area contributed by atoms with Crippen molar-refractivity contribution in [3.8, 4) is 0 Å². The molecule has 2 aliphatic rings. The number of rotatable bonds is 5. The van der Waals surface area contributed by atoms with Crippen LogP contribution in [0.25, 0.3) is 27.1 Å². The maximum Gasteiger partial charge on any atom is 0.411 e. The Morgan fingerprint density at radius 1 is 0.953 bits per heavy atom. The molecule has 0 saturated heterocycles. The topological polar surface area (TPSA) is 58.6 Å². The summed E-state index contributed by atoms with van der Waals surface area (Å²) in [6.45, 7) is 0.122. The molecule has 2 N–H and O–H groups in total. The van der Waals surface area contributed by atoms with Gasteiger partial charge in [0.1, 0.15) is 17.4 Å². The summed E-state index contributed by atoms with van der Waals surface area (Å²) in [7, 11) is 0. The number of hydrogen-bond donors (Lipinski definition) is 2. The van der Waals surface area contributed by atoms with Crippen LogP contribution >= 0.6 is 11.8 Å². The lowest BCUT2D eigenvalue weighted by molar-refractivity contribution is 0.147. The summed E-state index contributed by atoms with van der Waals surface area (Å²) >= 11 is 1.37. The number of ether oxygens (including phenoxy) is 1. The van der Waals surface area contributed by atoms with E-state index < -0.39 is 16.8 Å². The maximum absolute atomic E-state index is 15.5. The number of benzene rings is 5. The molecule has 4 nitrogen and oxygen atoms in total. The molecule has 43 heavy (non-hydrogen) atoms. The molecule has 0 radical (unpaired) electrons. The second-order valence-electron chi connectivity index (χ2n) is 11.1. The van der Waals surface area contributed by atoms with Gasteiger partial charge in [0.2, 0.25) is 0 Å². The smallest absolute Gasteiger partial charge is 0.411 e. The number of thioether (sulfide) groups is 1. The molecule has 1 heterocycles. The Labute approximate surface area is 253 Å². The van der Waals surface area contributed by atoms with Crippen LogP contribution in [0.1, 0.15) is 41.0 Å². The Morgan fingerprint density at radius 3 is 2.63 bits per heavy atom. The van der Waals surface area contributed by atoms with Crippen molar-refractivity contribution >= 4 is 50.7 Å². The minimum Gasteiger partial charge on any atom is -0.444 e. The van der Waals surface area contributed by atoms with Crippen molar-refractivity contribution in [3.05, 3.63) is 143 Å². The predicted octanol–water partition coefficient (Wildman–Crippen LogP) is 9.33. The number of hydrogen-bond acceptors (Lipinski definition) is 4. The molecule has 7 rings (SSSR count). The quantitative estimate of drug-likeness (QED) is 0.201. The largest absolute Gasteiger partial charge is 0.444 e. The average molecular weight is 588 g/mol. The molecule has 2 unspecified atom stereocenters. The summed E-state index contributed by atoms with van der Waals surface area (Å²) in [5.41, 5.74) is 4.57. The molecule has 1 amide bonds.